The summed E-state index contributed by atoms with van der Waals surface area (Å²) in [6, 6.07) is 81.4. The van der Waals surface area contributed by atoms with Crippen LogP contribution in [-0.4, -0.2) is 22.9 Å². The molecule has 0 unspecified atom stereocenters. The fourth-order valence-electron chi connectivity index (χ4n) is 11.5. The SMILES string of the molecule is CC(C)(C)c1ccc2c(c1)N(c1ccccc1-c1ccccc1)c1cc([Si](C)(C)C)cc3c1B2c1cc2c(cc1N3c1ccccc1)-c1ccccc1[Si]2(c1ccccc1)c1ccccc1. The Labute approximate surface area is 393 Å². The van der Waals surface area contributed by atoms with Crippen LogP contribution in [0.2, 0.25) is 19.6 Å². The van der Waals surface area contributed by atoms with Crippen LogP contribution < -0.4 is 52.1 Å². The first-order valence-corrected chi connectivity index (χ1v) is 29.1. The van der Waals surface area contributed by atoms with E-state index in [0.29, 0.717) is 0 Å². The maximum Gasteiger partial charge on any atom is 0.252 e. The molecule has 0 radical (unpaired) electrons. The van der Waals surface area contributed by atoms with E-state index in [1.807, 2.05) is 0 Å². The molecule has 3 aliphatic rings. The van der Waals surface area contributed by atoms with E-state index in [9.17, 15) is 0 Å². The number of hydrogen-bond donors (Lipinski definition) is 0. The molecular weight excluding hydrogens is 828 g/mol. The van der Waals surface area contributed by atoms with E-state index < -0.39 is 16.1 Å². The van der Waals surface area contributed by atoms with Crippen LogP contribution in [0.25, 0.3) is 22.3 Å². The number of rotatable bonds is 6. The predicted octanol–water partition coefficient (Wildman–Crippen LogP) is 10.6. The van der Waals surface area contributed by atoms with Gasteiger partial charge in [0.25, 0.3) is 6.71 Å². The molecule has 3 heterocycles. The summed E-state index contributed by atoms with van der Waals surface area (Å²) in [6.07, 6.45) is 0. The number of hydrogen-bond acceptors (Lipinski definition) is 2. The van der Waals surface area contributed by atoms with Crippen molar-refractivity contribution in [3.05, 3.63) is 218 Å². The maximum atomic E-state index is 2.70. The summed E-state index contributed by atoms with van der Waals surface area (Å²) in [7, 11) is -4.72. The lowest BCUT2D eigenvalue weighted by Crippen LogP contribution is -2.73. The van der Waals surface area contributed by atoms with Crippen molar-refractivity contribution < 1.29 is 0 Å². The Balaban J connectivity index is 1.24. The summed E-state index contributed by atoms with van der Waals surface area (Å²) in [6.45, 7) is 14.5. The highest BCUT2D eigenvalue weighted by molar-refractivity contribution is 7.22. The second kappa shape index (κ2) is 15.1. The molecule has 9 aromatic rings. The van der Waals surface area contributed by atoms with E-state index in [0.717, 1.165) is 0 Å². The third-order valence-corrected chi connectivity index (χ3v) is 21.5. The molecule has 3 aliphatic heterocycles. The second-order valence-electron chi connectivity index (χ2n) is 20.5. The first kappa shape index (κ1) is 40.6. The average molecular weight is 881 g/mol. The van der Waals surface area contributed by atoms with Crippen LogP contribution in [0.3, 0.4) is 0 Å². The zero-order chi connectivity index (χ0) is 45.0. The van der Waals surface area contributed by atoms with Crippen molar-refractivity contribution in [3.8, 4) is 22.3 Å². The Hall–Kier alpha value is -6.92. The number of para-hydroxylation sites is 2. The Morgan fingerprint density at radius 3 is 1.61 bits per heavy atom. The van der Waals surface area contributed by atoms with Crippen molar-refractivity contribution in [2.75, 3.05) is 9.80 Å². The van der Waals surface area contributed by atoms with Gasteiger partial charge in [-0.1, -0.05) is 215 Å². The minimum Gasteiger partial charge on any atom is -0.311 e. The summed E-state index contributed by atoms with van der Waals surface area (Å²) in [4.78, 5) is 5.27. The molecule has 0 aliphatic carbocycles. The molecule has 0 saturated carbocycles. The summed E-state index contributed by atoms with van der Waals surface area (Å²) >= 11 is 0. The number of fused-ring (bicyclic) bond motifs is 7. The lowest BCUT2D eigenvalue weighted by molar-refractivity contribution is 0.590. The largest absolute Gasteiger partial charge is 0.311 e. The summed E-state index contributed by atoms with van der Waals surface area (Å²) in [5.41, 5.74) is 18.0. The molecule has 318 valence electrons. The molecule has 0 bridgehead atoms. The molecule has 0 amide bonds. The standard InChI is InChI=1S/C61H53BN2Si2/c1-61(2,3)43-35-36-51-54(37-43)64(53-33-21-19-31-48(53)42-23-11-7-12-24-42)57-39-47(65(4,5)6)38-56-60(57)62(51)52-41-59-50(40-55(52)63(56)44-25-13-8-14-26-44)49-32-20-22-34-58(49)66(59,45-27-15-9-16-28-45)46-29-17-10-18-30-46/h7-41H,1-6H3. The van der Waals surface area contributed by atoms with E-state index in [2.05, 4.69) is 263 Å². The average Bonchev–Trinajstić information content (AvgIpc) is 3.63. The van der Waals surface area contributed by atoms with Gasteiger partial charge in [-0.25, -0.2) is 0 Å². The van der Waals surface area contributed by atoms with Crippen LogP contribution in [-0.2, 0) is 5.41 Å². The van der Waals surface area contributed by atoms with Gasteiger partial charge in [-0.2, -0.15) is 0 Å². The van der Waals surface area contributed by atoms with Crippen molar-refractivity contribution >= 4 is 99.3 Å². The van der Waals surface area contributed by atoms with Gasteiger partial charge in [-0.15, -0.1) is 0 Å². The molecule has 0 atom stereocenters. The van der Waals surface area contributed by atoms with Crippen molar-refractivity contribution in [1.82, 2.24) is 0 Å². The third-order valence-electron chi connectivity index (χ3n) is 14.6. The fraction of sp³-hybridized carbons (Fsp3) is 0.115. The van der Waals surface area contributed by atoms with Crippen LogP contribution in [0.5, 0.6) is 0 Å². The molecule has 0 spiro atoms. The van der Waals surface area contributed by atoms with E-state index in [1.54, 1.807) is 0 Å². The van der Waals surface area contributed by atoms with Crippen LogP contribution >= 0.6 is 0 Å². The highest BCUT2D eigenvalue weighted by atomic mass is 28.3. The molecule has 66 heavy (non-hydrogen) atoms. The molecule has 12 rings (SSSR count). The van der Waals surface area contributed by atoms with Crippen molar-refractivity contribution in [2.45, 2.75) is 45.8 Å². The van der Waals surface area contributed by atoms with Crippen LogP contribution in [0, 0.1) is 0 Å². The summed E-state index contributed by atoms with van der Waals surface area (Å²) < 4.78 is 0. The smallest absolute Gasteiger partial charge is 0.252 e. The first-order valence-electron chi connectivity index (χ1n) is 23.6. The van der Waals surface area contributed by atoms with Crippen molar-refractivity contribution in [2.24, 2.45) is 0 Å². The third kappa shape index (κ3) is 6.06. The Kier molecular flexibility index (Phi) is 9.26. The quantitative estimate of drug-likeness (QED) is 0.154. The molecule has 2 nitrogen and oxygen atoms in total. The Morgan fingerprint density at radius 1 is 0.424 bits per heavy atom. The van der Waals surface area contributed by atoms with Gasteiger partial charge in [0.2, 0.25) is 0 Å². The Bertz CT molecular complexity index is 3300. The molecular formula is C61H53BN2Si2. The van der Waals surface area contributed by atoms with Gasteiger partial charge >= 0.3 is 0 Å². The normalized spacial score (nSPS) is 14.2. The molecule has 9 aromatic carbocycles. The van der Waals surface area contributed by atoms with E-state index in [-0.39, 0.29) is 12.1 Å². The summed E-state index contributed by atoms with van der Waals surface area (Å²) in [5.74, 6) is 0. The second-order valence-corrected chi connectivity index (χ2v) is 29.3. The van der Waals surface area contributed by atoms with Gasteiger partial charge in [0.15, 0.2) is 8.07 Å². The lowest BCUT2D eigenvalue weighted by Gasteiger charge is -2.46. The van der Waals surface area contributed by atoms with Crippen LogP contribution in [0.4, 0.5) is 34.1 Å². The highest BCUT2D eigenvalue weighted by Gasteiger charge is 2.52. The van der Waals surface area contributed by atoms with Crippen molar-refractivity contribution in [3.63, 3.8) is 0 Å². The van der Waals surface area contributed by atoms with Crippen LogP contribution in [0.15, 0.2) is 212 Å². The minimum atomic E-state index is -2.81. The zero-order valence-electron chi connectivity index (χ0n) is 38.7. The van der Waals surface area contributed by atoms with Gasteiger partial charge in [0.05, 0.1) is 13.8 Å². The van der Waals surface area contributed by atoms with E-state index >= 15 is 0 Å². The van der Waals surface area contributed by atoms with E-state index in [1.165, 1.54) is 104 Å². The van der Waals surface area contributed by atoms with Gasteiger partial charge in [0, 0.05) is 34.0 Å². The van der Waals surface area contributed by atoms with Crippen molar-refractivity contribution in [1.29, 1.82) is 0 Å². The topological polar surface area (TPSA) is 6.48 Å². The molecule has 5 heteroatoms. The number of benzene rings is 9. The Morgan fingerprint density at radius 2 is 0.970 bits per heavy atom. The van der Waals surface area contributed by atoms with Crippen LogP contribution in [0.1, 0.15) is 26.3 Å². The van der Waals surface area contributed by atoms with Gasteiger partial charge in [-0.05, 0) is 107 Å². The predicted molar refractivity (Wildman–Crippen MR) is 290 cm³/mol. The molecule has 0 fully saturated rings. The zero-order valence-corrected chi connectivity index (χ0v) is 40.7. The molecule has 0 aromatic heterocycles. The van der Waals surface area contributed by atoms with E-state index in [4.69, 9.17) is 0 Å². The van der Waals surface area contributed by atoms with Gasteiger partial charge in [-0.3, -0.25) is 0 Å². The highest BCUT2D eigenvalue weighted by Crippen LogP contribution is 2.47. The number of nitrogens with zero attached hydrogens (tertiary/aromatic N) is 2. The minimum absolute atomic E-state index is 0.0166. The maximum absolute atomic E-state index is 2.81. The number of anilines is 6. The van der Waals surface area contributed by atoms with Gasteiger partial charge in [0.1, 0.15) is 0 Å². The van der Waals surface area contributed by atoms with Gasteiger partial charge < -0.3 is 9.80 Å². The lowest BCUT2D eigenvalue weighted by atomic mass is 9.33. The first-order chi connectivity index (χ1) is 32.0. The molecule has 0 saturated heterocycles. The summed E-state index contributed by atoms with van der Waals surface area (Å²) in [5, 5.41) is 7.22. The fourth-order valence-corrected chi connectivity index (χ4v) is 17.8. The monoisotopic (exact) mass is 880 g/mol. The molecule has 0 N–H and O–H groups in total.